The minimum absolute atomic E-state index is 0.205. The maximum atomic E-state index is 12.3. The van der Waals surface area contributed by atoms with Gasteiger partial charge in [-0.3, -0.25) is 4.79 Å². The van der Waals surface area contributed by atoms with Crippen molar-refractivity contribution in [1.82, 2.24) is 19.8 Å². The Morgan fingerprint density at radius 3 is 2.95 bits per heavy atom. The van der Waals surface area contributed by atoms with Gasteiger partial charge in [0.2, 0.25) is 0 Å². The first-order chi connectivity index (χ1) is 9.74. The standard InChI is InChI=1S/C15H20N4O/c1-18-11-17-13-10-12(2-3-14(13)18)15(20)4-7-19-8-5-16-6-9-19/h2-3,10-11,16H,4-9H2,1H3. The maximum Gasteiger partial charge on any atom is 0.164 e. The van der Waals surface area contributed by atoms with Crippen molar-refractivity contribution in [1.29, 1.82) is 0 Å². The zero-order chi connectivity index (χ0) is 13.9. The van der Waals surface area contributed by atoms with Gasteiger partial charge in [-0.2, -0.15) is 0 Å². The first-order valence-corrected chi connectivity index (χ1v) is 7.11. The quantitative estimate of drug-likeness (QED) is 0.845. The highest BCUT2D eigenvalue weighted by molar-refractivity contribution is 5.99. The van der Waals surface area contributed by atoms with E-state index in [9.17, 15) is 4.79 Å². The predicted octanol–water partition coefficient (Wildman–Crippen LogP) is 1.05. The number of hydrogen-bond acceptors (Lipinski definition) is 4. The number of rotatable bonds is 4. The summed E-state index contributed by atoms with van der Waals surface area (Å²) in [5, 5.41) is 3.32. The van der Waals surface area contributed by atoms with E-state index in [0.717, 1.165) is 49.3 Å². The molecule has 0 unspecified atom stereocenters. The lowest BCUT2D eigenvalue weighted by Gasteiger charge is -2.26. The number of hydrogen-bond donors (Lipinski definition) is 1. The molecule has 5 nitrogen and oxygen atoms in total. The largest absolute Gasteiger partial charge is 0.334 e. The first kappa shape index (κ1) is 13.3. The number of aromatic nitrogens is 2. The molecule has 0 aliphatic carbocycles. The molecular weight excluding hydrogens is 252 g/mol. The van der Waals surface area contributed by atoms with Gasteiger partial charge in [-0.1, -0.05) is 0 Å². The number of carbonyl (C=O) groups excluding carboxylic acids is 1. The van der Waals surface area contributed by atoms with Crippen LogP contribution >= 0.6 is 0 Å². The second-order valence-electron chi connectivity index (χ2n) is 5.32. The molecule has 0 amide bonds. The van der Waals surface area contributed by atoms with Gasteiger partial charge in [0.15, 0.2) is 5.78 Å². The highest BCUT2D eigenvalue weighted by atomic mass is 16.1. The normalized spacial score (nSPS) is 16.6. The molecule has 0 saturated carbocycles. The first-order valence-electron chi connectivity index (χ1n) is 7.11. The van der Waals surface area contributed by atoms with Crippen LogP contribution in [0.4, 0.5) is 0 Å². The number of ketones is 1. The monoisotopic (exact) mass is 272 g/mol. The molecule has 0 bridgehead atoms. The van der Waals surface area contributed by atoms with E-state index in [1.807, 2.05) is 29.8 Å². The Labute approximate surface area is 118 Å². The average molecular weight is 272 g/mol. The Hall–Kier alpha value is -1.72. The molecule has 1 aliphatic heterocycles. The minimum atomic E-state index is 0.205. The van der Waals surface area contributed by atoms with Crippen molar-refractivity contribution >= 4 is 16.8 Å². The Bertz CT molecular complexity index is 613. The van der Waals surface area contributed by atoms with E-state index >= 15 is 0 Å². The van der Waals surface area contributed by atoms with Crippen molar-refractivity contribution in [2.45, 2.75) is 6.42 Å². The number of imidazole rings is 1. The van der Waals surface area contributed by atoms with E-state index in [2.05, 4.69) is 15.2 Å². The molecule has 1 aliphatic rings. The SMILES string of the molecule is Cn1cnc2cc(C(=O)CCN3CCNCC3)ccc21. The zero-order valence-corrected chi connectivity index (χ0v) is 11.8. The molecule has 2 heterocycles. The molecule has 106 valence electrons. The van der Waals surface area contributed by atoms with Gasteiger partial charge in [0.25, 0.3) is 0 Å². The van der Waals surface area contributed by atoms with Crippen LogP contribution in [0.25, 0.3) is 11.0 Å². The second kappa shape index (κ2) is 5.73. The molecule has 1 fully saturated rings. The zero-order valence-electron chi connectivity index (χ0n) is 11.8. The Kier molecular flexibility index (Phi) is 3.80. The molecular formula is C15H20N4O. The van der Waals surface area contributed by atoms with Crippen LogP contribution in [0.3, 0.4) is 0 Å². The lowest BCUT2D eigenvalue weighted by Crippen LogP contribution is -2.44. The summed E-state index contributed by atoms with van der Waals surface area (Å²) in [6.45, 7) is 4.96. The van der Waals surface area contributed by atoms with Gasteiger partial charge in [0, 0.05) is 51.8 Å². The van der Waals surface area contributed by atoms with Crippen LogP contribution in [0, 0.1) is 0 Å². The third-order valence-electron chi connectivity index (χ3n) is 3.91. The number of aryl methyl sites for hydroxylation is 1. The third-order valence-corrected chi connectivity index (χ3v) is 3.91. The van der Waals surface area contributed by atoms with Crippen LogP contribution in [0.5, 0.6) is 0 Å². The Morgan fingerprint density at radius 2 is 2.15 bits per heavy atom. The lowest BCUT2D eigenvalue weighted by atomic mass is 10.1. The average Bonchev–Trinajstić information content (AvgIpc) is 2.87. The van der Waals surface area contributed by atoms with E-state index in [1.54, 1.807) is 6.33 Å². The summed E-state index contributed by atoms with van der Waals surface area (Å²) in [6.07, 6.45) is 2.36. The number of benzene rings is 1. The molecule has 0 radical (unpaired) electrons. The van der Waals surface area contributed by atoms with Crippen LogP contribution in [0.2, 0.25) is 0 Å². The number of carbonyl (C=O) groups is 1. The van der Waals surface area contributed by atoms with Crippen LogP contribution in [0.15, 0.2) is 24.5 Å². The van der Waals surface area contributed by atoms with Crippen molar-refractivity contribution < 1.29 is 4.79 Å². The van der Waals surface area contributed by atoms with Gasteiger partial charge in [0.1, 0.15) is 0 Å². The Morgan fingerprint density at radius 1 is 1.35 bits per heavy atom. The summed E-state index contributed by atoms with van der Waals surface area (Å²) >= 11 is 0. The van der Waals surface area contributed by atoms with Gasteiger partial charge in [0.05, 0.1) is 17.4 Å². The predicted molar refractivity (Wildman–Crippen MR) is 79.0 cm³/mol. The highest BCUT2D eigenvalue weighted by Crippen LogP contribution is 2.15. The fourth-order valence-corrected chi connectivity index (χ4v) is 2.65. The number of piperazine rings is 1. The van der Waals surface area contributed by atoms with Gasteiger partial charge in [-0.25, -0.2) is 4.98 Å². The summed E-state index contributed by atoms with van der Waals surface area (Å²) in [7, 11) is 1.96. The molecule has 1 saturated heterocycles. The molecule has 20 heavy (non-hydrogen) atoms. The molecule has 1 aromatic carbocycles. The van der Waals surface area contributed by atoms with E-state index in [1.165, 1.54) is 0 Å². The molecule has 0 spiro atoms. The number of nitrogens with zero attached hydrogens (tertiary/aromatic N) is 3. The lowest BCUT2D eigenvalue weighted by molar-refractivity contribution is 0.0961. The fourth-order valence-electron chi connectivity index (χ4n) is 2.65. The smallest absolute Gasteiger partial charge is 0.164 e. The van der Waals surface area contributed by atoms with Crippen LogP contribution < -0.4 is 5.32 Å². The molecule has 1 N–H and O–H groups in total. The fraction of sp³-hybridized carbons (Fsp3) is 0.467. The van der Waals surface area contributed by atoms with Crippen molar-refractivity contribution in [3.63, 3.8) is 0 Å². The van der Waals surface area contributed by atoms with Crippen molar-refractivity contribution in [3.05, 3.63) is 30.1 Å². The van der Waals surface area contributed by atoms with E-state index in [0.29, 0.717) is 6.42 Å². The topological polar surface area (TPSA) is 50.2 Å². The van der Waals surface area contributed by atoms with Crippen LogP contribution in [-0.4, -0.2) is 53.0 Å². The van der Waals surface area contributed by atoms with Crippen LogP contribution in [-0.2, 0) is 7.05 Å². The molecule has 0 atom stereocenters. The molecule has 3 rings (SSSR count). The highest BCUT2D eigenvalue weighted by Gasteiger charge is 2.13. The van der Waals surface area contributed by atoms with Gasteiger partial charge in [-0.15, -0.1) is 0 Å². The molecule has 2 aromatic rings. The third kappa shape index (κ3) is 2.73. The summed E-state index contributed by atoms with van der Waals surface area (Å²) in [6, 6.07) is 5.78. The van der Waals surface area contributed by atoms with Crippen molar-refractivity contribution in [2.24, 2.45) is 7.05 Å². The number of nitrogens with one attached hydrogen (secondary N) is 1. The number of Topliss-reactive ketones (excluding diaryl/α,β-unsaturated/α-hetero) is 1. The summed E-state index contributed by atoms with van der Waals surface area (Å²) in [5.41, 5.74) is 2.72. The van der Waals surface area contributed by atoms with E-state index in [-0.39, 0.29) is 5.78 Å². The van der Waals surface area contributed by atoms with Gasteiger partial charge < -0.3 is 14.8 Å². The van der Waals surface area contributed by atoms with Gasteiger partial charge in [-0.05, 0) is 18.2 Å². The summed E-state index contributed by atoms with van der Waals surface area (Å²) in [5.74, 6) is 0.205. The minimum Gasteiger partial charge on any atom is -0.334 e. The second-order valence-corrected chi connectivity index (χ2v) is 5.32. The summed E-state index contributed by atoms with van der Waals surface area (Å²) < 4.78 is 1.96. The van der Waals surface area contributed by atoms with E-state index < -0.39 is 0 Å². The molecule has 1 aromatic heterocycles. The van der Waals surface area contributed by atoms with Crippen LogP contribution in [0.1, 0.15) is 16.8 Å². The molecule has 5 heteroatoms. The van der Waals surface area contributed by atoms with Crippen molar-refractivity contribution in [3.8, 4) is 0 Å². The number of fused-ring (bicyclic) bond motifs is 1. The summed E-state index contributed by atoms with van der Waals surface area (Å²) in [4.78, 5) is 18.9. The maximum absolute atomic E-state index is 12.3. The van der Waals surface area contributed by atoms with Crippen molar-refractivity contribution in [2.75, 3.05) is 32.7 Å². The van der Waals surface area contributed by atoms with E-state index in [4.69, 9.17) is 0 Å². The van der Waals surface area contributed by atoms with Gasteiger partial charge >= 0.3 is 0 Å². The Balaban J connectivity index is 1.65.